The van der Waals surface area contributed by atoms with Gasteiger partial charge in [-0.1, -0.05) is 25.8 Å². The fourth-order valence-corrected chi connectivity index (χ4v) is 2.49. The molecule has 1 aliphatic heterocycles. The lowest BCUT2D eigenvalue weighted by atomic mass is 10.2. The van der Waals surface area contributed by atoms with Crippen molar-refractivity contribution in [2.45, 2.75) is 26.2 Å². The Bertz CT molecular complexity index is 359. The van der Waals surface area contributed by atoms with Gasteiger partial charge in [0.15, 0.2) is 0 Å². The first kappa shape index (κ1) is 13.3. The molecule has 0 aromatic heterocycles. The first-order chi connectivity index (χ1) is 8.79. The molecule has 1 saturated heterocycles. The summed E-state index contributed by atoms with van der Waals surface area (Å²) in [6.45, 7) is 7.67. The Labute approximate surface area is 109 Å². The van der Waals surface area contributed by atoms with Crippen LogP contribution in [-0.4, -0.2) is 37.6 Å². The number of hydrogen-bond donors (Lipinski definition) is 0. The third kappa shape index (κ3) is 3.70. The molecule has 1 aliphatic rings. The van der Waals surface area contributed by atoms with Crippen molar-refractivity contribution in [2.75, 3.05) is 37.6 Å². The number of unbranched alkanes of at least 4 members (excludes halogenated alkanes) is 2. The van der Waals surface area contributed by atoms with Gasteiger partial charge in [0, 0.05) is 31.9 Å². The van der Waals surface area contributed by atoms with E-state index in [1.54, 1.807) is 12.1 Å². The summed E-state index contributed by atoms with van der Waals surface area (Å²) in [7, 11) is 0. The molecule has 0 spiro atoms. The maximum absolute atomic E-state index is 13.2. The summed E-state index contributed by atoms with van der Waals surface area (Å²) in [5.74, 6) is -0.141. The van der Waals surface area contributed by atoms with Crippen LogP contribution in [0.15, 0.2) is 24.3 Å². The molecule has 100 valence electrons. The third-order valence-corrected chi connectivity index (χ3v) is 3.62. The lowest BCUT2D eigenvalue weighted by Crippen LogP contribution is -2.46. The summed E-state index contributed by atoms with van der Waals surface area (Å²) in [5, 5.41) is 0. The SMILES string of the molecule is CCCCCN1CCN(c2cccc(F)c2)CC1. The zero-order valence-corrected chi connectivity index (χ0v) is 11.2. The average Bonchev–Trinajstić information content (AvgIpc) is 2.40. The number of benzene rings is 1. The molecular weight excluding hydrogens is 227 g/mol. The molecule has 18 heavy (non-hydrogen) atoms. The van der Waals surface area contributed by atoms with Crippen LogP contribution in [0.25, 0.3) is 0 Å². The lowest BCUT2D eigenvalue weighted by Gasteiger charge is -2.36. The summed E-state index contributed by atoms with van der Waals surface area (Å²) in [6.07, 6.45) is 3.91. The van der Waals surface area contributed by atoms with Gasteiger partial charge in [0.2, 0.25) is 0 Å². The van der Waals surface area contributed by atoms with E-state index in [0.29, 0.717) is 0 Å². The molecule has 0 N–H and O–H groups in total. The van der Waals surface area contributed by atoms with Gasteiger partial charge in [-0.3, -0.25) is 4.90 Å². The van der Waals surface area contributed by atoms with Crippen molar-refractivity contribution in [1.29, 1.82) is 0 Å². The Hall–Kier alpha value is -1.09. The second kappa shape index (κ2) is 6.74. The van der Waals surface area contributed by atoms with E-state index in [0.717, 1.165) is 31.9 Å². The molecule has 0 atom stereocenters. The molecule has 1 heterocycles. The molecule has 1 fully saturated rings. The molecule has 2 rings (SSSR count). The molecule has 2 nitrogen and oxygen atoms in total. The summed E-state index contributed by atoms with van der Waals surface area (Å²) < 4.78 is 13.2. The molecule has 0 bridgehead atoms. The van der Waals surface area contributed by atoms with Gasteiger partial charge in [-0.25, -0.2) is 4.39 Å². The molecule has 0 radical (unpaired) electrons. The minimum absolute atomic E-state index is 0.141. The van der Waals surface area contributed by atoms with E-state index < -0.39 is 0 Å². The number of nitrogens with zero attached hydrogens (tertiary/aromatic N) is 2. The first-order valence-electron chi connectivity index (χ1n) is 7.02. The van der Waals surface area contributed by atoms with Gasteiger partial charge in [0.05, 0.1) is 0 Å². The number of halogens is 1. The van der Waals surface area contributed by atoms with Gasteiger partial charge in [0.1, 0.15) is 5.82 Å². The van der Waals surface area contributed by atoms with Gasteiger partial charge in [-0.15, -0.1) is 0 Å². The number of rotatable bonds is 5. The van der Waals surface area contributed by atoms with Gasteiger partial charge >= 0.3 is 0 Å². The maximum Gasteiger partial charge on any atom is 0.125 e. The molecule has 0 aliphatic carbocycles. The Morgan fingerprint density at radius 2 is 1.89 bits per heavy atom. The zero-order chi connectivity index (χ0) is 12.8. The predicted octanol–water partition coefficient (Wildman–Crippen LogP) is 3.14. The standard InChI is InChI=1S/C15H23FN2/c1-2-3-4-8-17-9-11-18(12-10-17)15-7-5-6-14(16)13-15/h5-7,13H,2-4,8-12H2,1H3. The predicted molar refractivity (Wildman–Crippen MR) is 74.6 cm³/mol. The van der Waals surface area contributed by atoms with Crippen LogP contribution < -0.4 is 4.90 Å². The van der Waals surface area contributed by atoms with E-state index in [-0.39, 0.29) is 5.82 Å². The van der Waals surface area contributed by atoms with E-state index >= 15 is 0 Å². The highest BCUT2D eigenvalue weighted by Gasteiger charge is 2.16. The van der Waals surface area contributed by atoms with Crippen molar-refractivity contribution in [3.8, 4) is 0 Å². The van der Waals surface area contributed by atoms with Gasteiger partial charge in [-0.05, 0) is 31.2 Å². The van der Waals surface area contributed by atoms with Crippen molar-refractivity contribution in [3.05, 3.63) is 30.1 Å². The Morgan fingerprint density at radius 3 is 2.56 bits per heavy atom. The molecule has 1 aromatic rings. The van der Waals surface area contributed by atoms with E-state index in [1.807, 2.05) is 6.07 Å². The Kier molecular flexibility index (Phi) is 5.00. The van der Waals surface area contributed by atoms with Gasteiger partial charge < -0.3 is 4.90 Å². The monoisotopic (exact) mass is 250 g/mol. The number of hydrogen-bond acceptors (Lipinski definition) is 2. The van der Waals surface area contributed by atoms with Crippen LogP contribution in [0.2, 0.25) is 0 Å². The van der Waals surface area contributed by atoms with E-state index in [2.05, 4.69) is 16.7 Å². The van der Waals surface area contributed by atoms with E-state index in [4.69, 9.17) is 0 Å². The van der Waals surface area contributed by atoms with Crippen LogP contribution in [0.4, 0.5) is 10.1 Å². The van der Waals surface area contributed by atoms with Crippen molar-refractivity contribution in [2.24, 2.45) is 0 Å². The molecule has 0 saturated carbocycles. The summed E-state index contributed by atoms with van der Waals surface area (Å²) in [4.78, 5) is 4.80. The normalized spacial score (nSPS) is 17.1. The second-order valence-electron chi connectivity index (χ2n) is 5.02. The third-order valence-electron chi connectivity index (χ3n) is 3.62. The molecule has 0 amide bonds. The molecule has 1 aromatic carbocycles. The molecular formula is C15H23FN2. The average molecular weight is 250 g/mol. The van der Waals surface area contributed by atoms with Gasteiger partial charge in [-0.2, -0.15) is 0 Å². The van der Waals surface area contributed by atoms with Gasteiger partial charge in [0.25, 0.3) is 0 Å². The quantitative estimate of drug-likeness (QED) is 0.741. The minimum Gasteiger partial charge on any atom is -0.369 e. The maximum atomic E-state index is 13.2. The highest BCUT2D eigenvalue weighted by Crippen LogP contribution is 2.17. The highest BCUT2D eigenvalue weighted by atomic mass is 19.1. The smallest absolute Gasteiger partial charge is 0.125 e. The largest absolute Gasteiger partial charge is 0.369 e. The minimum atomic E-state index is -0.141. The summed E-state index contributed by atoms with van der Waals surface area (Å²) in [5.41, 5.74) is 1.02. The van der Waals surface area contributed by atoms with Crippen LogP contribution in [0.5, 0.6) is 0 Å². The van der Waals surface area contributed by atoms with E-state index in [9.17, 15) is 4.39 Å². The van der Waals surface area contributed by atoms with Crippen LogP contribution in [0.3, 0.4) is 0 Å². The van der Waals surface area contributed by atoms with Crippen molar-refractivity contribution < 1.29 is 4.39 Å². The van der Waals surface area contributed by atoms with Crippen molar-refractivity contribution >= 4 is 5.69 Å². The second-order valence-corrected chi connectivity index (χ2v) is 5.02. The topological polar surface area (TPSA) is 6.48 Å². The zero-order valence-electron chi connectivity index (χ0n) is 11.2. The van der Waals surface area contributed by atoms with Crippen LogP contribution >= 0.6 is 0 Å². The van der Waals surface area contributed by atoms with Crippen LogP contribution in [-0.2, 0) is 0 Å². The lowest BCUT2D eigenvalue weighted by molar-refractivity contribution is 0.252. The Balaban J connectivity index is 1.79. The summed E-state index contributed by atoms with van der Waals surface area (Å²) in [6, 6.07) is 6.92. The molecule has 3 heteroatoms. The highest BCUT2D eigenvalue weighted by molar-refractivity contribution is 5.46. The Morgan fingerprint density at radius 1 is 1.11 bits per heavy atom. The number of piperazine rings is 1. The van der Waals surface area contributed by atoms with Crippen LogP contribution in [0.1, 0.15) is 26.2 Å². The van der Waals surface area contributed by atoms with E-state index in [1.165, 1.54) is 31.9 Å². The van der Waals surface area contributed by atoms with Crippen molar-refractivity contribution in [3.63, 3.8) is 0 Å². The first-order valence-corrected chi connectivity index (χ1v) is 7.02. The molecule has 0 unspecified atom stereocenters. The fourth-order valence-electron chi connectivity index (χ4n) is 2.49. The van der Waals surface area contributed by atoms with Crippen LogP contribution in [0, 0.1) is 5.82 Å². The number of anilines is 1. The fraction of sp³-hybridized carbons (Fsp3) is 0.600. The summed E-state index contributed by atoms with van der Waals surface area (Å²) >= 11 is 0. The van der Waals surface area contributed by atoms with Crippen molar-refractivity contribution in [1.82, 2.24) is 4.90 Å².